The Morgan fingerprint density at radius 2 is 1.82 bits per heavy atom. The van der Waals surface area contributed by atoms with Gasteiger partial charge >= 0.3 is 5.69 Å². The van der Waals surface area contributed by atoms with Crippen molar-refractivity contribution in [2.75, 3.05) is 5.75 Å². The lowest BCUT2D eigenvalue weighted by Gasteiger charge is -2.13. The number of aromatic amines is 1. The summed E-state index contributed by atoms with van der Waals surface area (Å²) >= 11 is 1.35. The van der Waals surface area contributed by atoms with Crippen LogP contribution in [0.2, 0.25) is 0 Å². The summed E-state index contributed by atoms with van der Waals surface area (Å²) in [6.07, 6.45) is 0. The number of nitrogens with zero attached hydrogens (tertiary/aromatic N) is 2. The van der Waals surface area contributed by atoms with Crippen molar-refractivity contribution in [2.45, 2.75) is 31.8 Å². The van der Waals surface area contributed by atoms with E-state index in [0.717, 1.165) is 5.75 Å². The van der Waals surface area contributed by atoms with Crippen molar-refractivity contribution in [1.82, 2.24) is 15.0 Å². The number of benzene rings is 1. The third-order valence-corrected chi connectivity index (χ3v) is 4.31. The van der Waals surface area contributed by atoms with Gasteiger partial charge < -0.3 is 0 Å². The second-order valence-electron chi connectivity index (χ2n) is 5.38. The number of hydrogen-bond acceptors (Lipinski definition) is 4. The van der Waals surface area contributed by atoms with E-state index in [-0.39, 0.29) is 11.4 Å². The van der Waals surface area contributed by atoms with Gasteiger partial charge in [0, 0.05) is 17.2 Å². The van der Waals surface area contributed by atoms with E-state index < -0.39 is 23.2 Å². The highest BCUT2D eigenvalue weighted by Crippen LogP contribution is 2.26. The van der Waals surface area contributed by atoms with E-state index in [9.17, 15) is 13.6 Å². The van der Waals surface area contributed by atoms with Crippen LogP contribution in [0.3, 0.4) is 0 Å². The molecule has 1 atom stereocenters. The van der Waals surface area contributed by atoms with Gasteiger partial charge in [0.1, 0.15) is 17.5 Å². The molecule has 22 heavy (non-hydrogen) atoms. The van der Waals surface area contributed by atoms with E-state index in [1.807, 2.05) is 13.8 Å². The molecule has 0 aliphatic heterocycles. The molecule has 0 bridgehead atoms. The molecule has 0 fully saturated rings. The summed E-state index contributed by atoms with van der Waals surface area (Å²) in [4.78, 5) is 22.1. The third-order valence-electron chi connectivity index (χ3n) is 3.04. The van der Waals surface area contributed by atoms with Crippen LogP contribution < -0.4 is 5.69 Å². The smallest absolute Gasteiger partial charge is 0.293 e. The summed E-state index contributed by atoms with van der Waals surface area (Å²) in [5.41, 5.74) is -0.684. The van der Waals surface area contributed by atoms with Crippen LogP contribution in [0.4, 0.5) is 8.78 Å². The molecule has 0 aliphatic rings. The van der Waals surface area contributed by atoms with Crippen molar-refractivity contribution in [3.63, 3.8) is 0 Å². The first-order valence-electron chi connectivity index (χ1n) is 6.93. The molecule has 0 saturated carbocycles. The van der Waals surface area contributed by atoms with Crippen molar-refractivity contribution < 1.29 is 8.78 Å². The highest BCUT2D eigenvalue weighted by Gasteiger charge is 2.20. The molecule has 7 heteroatoms. The highest BCUT2D eigenvalue weighted by atomic mass is 32.2. The first kappa shape index (κ1) is 16.6. The van der Waals surface area contributed by atoms with Crippen molar-refractivity contribution in [2.24, 2.45) is 5.92 Å². The Morgan fingerprint density at radius 1 is 1.18 bits per heavy atom. The van der Waals surface area contributed by atoms with Gasteiger partial charge in [0.15, 0.2) is 5.16 Å². The predicted octanol–water partition coefficient (Wildman–Crippen LogP) is 3.34. The molecular formula is C15H17F2N3OS. The Bertz CT molecular complexity index is 698. The first-order chi connectivity index (χ1) is 10.4. The second kappa shape index (κ2) is 7.00. The normalized spacial score (nSPS) is 12.6. The lowest BCUT2D eigenvalue weighted by Crippen LogP contribution is -2.19. The van der Waals surface area contributed by atoms with E-state index in [4.69, 9.17) is 0 Å². The lowest BCUT2D eigenvalue weighted by atomic mass is 9.99. The Morgan fingerprint density at radius 3 is 2.41 bits per heavy atom. The van der Waals surface area contributed by atoms with Crippen molar-refractivity contribution in [3.8, 4) is 0 Å². The third kappa shape index (κ3) is 3.91. The van der Waals surface area contributed by atoms with Crippen LogP contribution in [-0.4, -0.2) is 20.7 Å². The van der Waals surface area contributed by atoms with Gasteiger partial charge in [-0.15, -0.1) is 0 Å². The average Bonchev–Trinajstić information content (AvgIpc) is 2.44. The molecule has 1 aromatic heterocycles. The number of aromatic nitrogens is 3. The minimum absolute atomic E-state index is 0.114. The molecule has 4 nitrogen and oxygen atoms in total. The quantitative estimate of drug-likeness (QED) is 0.857. The van der Waals surface area contributed by atoms with Gasteiger partial charge in [0.25, 0.3) is 0 Å². The number of hydrogen-bond donors (Lipinski definition) is 1. The van der Waals surface area contributed by atoms with Gasteiger partial charge in [-0.2, -0.15) is 4.98 Å². The number of H-pyrrole nitrogens is 1. The van der Waals surface area contributed by atoms with Crippen molar-refractivity contribution in [1.29, 1.82) is 0 Å². The number of rotatable bonds is 5. The Labute approximate surface area is 131 Å². The summed E-state index contributed by atoms with van der Waals surface area (Å²) < 4.78 is 27.7. The van der Waals surface area contributed by atoms with Gasteiger partial charge in [-0.3, -0.25) is 4.98 Å². The molecule has 2 aromatic rings. The minimum Gasteiger partial charge on any atom is -0.293 e. The number of thioether (sulfide) groups is 1. The van der Waals surface area contributed by atoms with Crippen LogP contribution in [-0.2, 0) is 0 Å². The molecule has 0 aliphatic carbocycles. The Hall–Kier alpha value is -1.76. The molecule has 0 saturated heterocycles. The van der Waals surface area contributed by atoms with Gasteiger partial charge in [-0.1, -0.05) is 38.6 Å². The first-order valence-corrected chi connectivity index (χ1v) is 7.92. The molecule has 118 valence electrons. The summed E-state index contributed by atoms with van der Waals surface area (Å²) in [7, 11) is 0. The standard InChI is InChI=1S/C15H17F2N3OS/c1-8(2)7-22-15-19-13(18-14(21)20-15)9(3)12-10(16)5-4-6-11(12)17/h4-6,8-9H,7H2,1-3H3,(H,18,19,20,21). The SMILES string of the molecule is CC(C)CSc1nc(C(C)c2c(F)cccc2F)[nH]c(=O)n1. The molecule has 1 N–H and O–H groups in total. The number of halogens is 2. The van der Waals surface area contributed by atoms with E-state index >= 15 is 0 Å². The molecule has 1 heterocycles. The van der Waals surface area contributed by atoms with Gasteiger partial charge in [0.05, 0.1) is 0 Å². The van der Waals surface area contributed by atoms with Gasteiger partial charge in [0.2, 0.25) is 0 Å². The lowest BCUT2D eigenvalue weighted by molar-refractivity contribution is 0.539. The van der Waals surface area contributed by atoms with Crippen LogP contribution in [0, 0.1) is 17.6 Å². The maximum Gasteiger partial charge on any atom is 0.348 e. The zero-order valence-electron chi connectivity index (χ0n) is 12.6. The zero-order valence-corrected chi connectivity index (χ0v) is 13.4. The van der Waals surface area contributed by atoms with E-state index in [2.05, 4.69) is 15.0 Å². The topological polar surface area (TPSA) is 58.6 Å². The number of nitrogens with one attached hydrogen (secondary N) is 1. The predicted molar refractivity (Wildman–Crippen MR) is 82.1 cm³/mol. The van der Waals surface area contributed by atoms with Gasteiger partial charge in [-0.25, -0.2) is 18.6 Å². The minimum atomic E-state index is -0.713. The molecule has 0 spiro atoms. The van der Waals surface area contributed by atoms with Crippen LogP contribution in [0.15, 0.2) is 28.2 Å². The van der Waals surface area contributed by atoms with Crippen LogP contribution in [0.1, 0.15) is 38.1 Å². The van der Waals surface area contributed by atoms with E-state index in [1.54, 1.807) is 6.92 Å². The fourth-order valence-electron chi connectivity index (χ4n) is 1.95. The van der Waals surface area contributed by atoms with Crippen LogP contribution >= 0.6 is 11.8 Å². The fourth-order valence-corrected chi connectivity index (χ4v) is 2.75. The average molecular weight is 325 g/mol. The summed E-state index contributed by atoms with van der Waals surface area (Å²) in [5.74, 6) is -0.666. The fraction of sp³-hybridized carbons (Fsp3) is 0.400. The maximum atomic E-state index is 13.9. The monoisotopic (exact) mass is 325 g/mol. The second-order valence-corrected chi connectivity index (χ2v) is 6.37. The molecular weight excluding hydrogens is 308 g/mol. The maximum absolute atomic E-state index is 13.9. The highest BCUT2D eigenvalue weighted by molar-refractivity contribution is 7.99. The molecule has 1 unspecified atom stereocenters. The van der Waals surface area contributed by atoms with Crippen LogP contribution in [0.5, 0.6) is 0 Å². The van der Waals surface area contributed by atoms with E-state index in [1.165, 1.54) is 30.0 Å². The zero-order chi connectivity index (χ0) is 16.3. The summed E-state index contributed by atoms with van der Waals surface area (Å²) in [6.45, 7) is 5.67. The molecule has 0 radical (unpaired) electrons. The Kier molecular flexibility index (Phi) is 5.28. The molecule has 2 rings (SSSR count). The molecule has 1 aromatic carbocycles. The van der Waals surface area contributed by atoms with Crippen molar-refractivity contribution in [3.05, 3.63) is 51.7 Å². The van der Waals surface area contributed by atoms with E-state index in [0.29, 0.717) is 11.1 Å². The summed E-state index contributed by atoms with van der Waals surface area (Å²) in [6, 6.07) is 3.67. The molecule has 0 amide bonds. The largest absolute Gasteiger partial charge is 0.348 e. The van der Waals surface area contributed by atoms with Crippen LogP contribution in [0.25, 0.3) is 0 Å². The Balaban J connectivity index is 2.37. The summed E-state index contributed by atoms with van der Waals surface area (Å²) in [5, 5.41) is 0.316. The van der Waals surface area contributed by atoms with Gasteiger partial charge in [-0.05, 0) is 18.1 Å². The van der Waals surface area contributed by atoms with Crippen molar-refractivity contribution >= 4 is 11.8 Å².